The third-order valence-corrected chi connectivity index (χ3v) is 3.25. The van der Waals surface area contributed by atoms with Crippen molar-refractivity contribution >= 4 is 5.91 Å². The molecule has 0 radical (unpaired) electrons. The summed E-state index contributed by atoms with van der Waals surface area (Å²) in [4.78, 5) is 13.8. The molecule has 1 atom stereocenters. The first-order valence-corrected chi connectivity index (χ1v) is 5.70. The minimum atomic E-state index is -0.220. The van der Waals surface area contributed by atoms with Crippen molar-refractivity contribution in [2.24, 2.45) is 0 Å². The largest absolute Gasteiger partial charge is 0.357 e. The molecule has 0 unspecified atom stereocenters. The molecule has 1 aromatic carbocycles. The van der Waals surface area contributed by atoms with Crippen LogP contribution in [0.25, 0.3) is 0 Å². The molecule has 0 fully saturated rings. The molecule has 0 aliphatic carbocycles. The van der Waals surface area contributed by atoms with Crippen molar-refractivity contribution in [3.05, 3.63) is 47.0 Å². The first-order chi connectivity index (χ1) is 8.15. The topological polar surface area (TPSA) is 29.5 Å². The number of hydrogen-bond donors (Lipinski definition) is 0. The van der Waals surface area contributed by atoms with E-state index in [1.165, 1.54) is 0 Å². The van der Waals surface area contributed by atoms with Crippen LogP contribution in [-0.4, -0.2) is 24.1 Å². The summed E-state index contributed by atoms with van der Waals surface area (Å²) in [5.41, 5.74) is 2.92. The van der Waals surface area contributed by atoms with E-state index in [1.54, 1.807) is 12.0 Å². The standard InChI is InChI=1S/C14H17NO2/c1-10-11(2)14(17-3)15(13(10)16)9-12-7-5-4-6-8-12/h4-8,14H,9H2,1-3H3/t14-/m0/s1. The van der Waals surface area contributed by atoms with Gasteiger partial charge in [0.25, 0.3) is 5.91 Å². The highest BCUT2D eigenvalue weighted by Gasteiger charge is 2.34. The molecule has 1 aromatic rings. The van der Waals surface area contributed by atoms with Crippen molar-refractivity contribution in [3.63, 3.8) is 0 Å². The summed E-state index contributed by atoms with van der Waals surface area (Å²) in [6.07, 6.45) is -0.220. The Morgan fingerprint density at radius 2 is 1.88 bits per heavy atom. The van der Waals surface area contributed by atoms with Crippen LogP contribution in [0.2, 0.25) is 0 Å². The van der Waals surface area contributed by atoms with E-state index in [1.807, 2.05) is 44.2 Å². The molecule has 0 saturated heterocycles. The summed E-state index contributed by atoms with van der Waals surface area (Å²) >= 11 is 0. The quantitative estimate of drug-likeness (QED) is 0.799. The number of carbonyl (C=O) groups excluding carboxylic acids is 1. The summed E-state index contributed by atoms with van der Waals surface area (Å²) in [5.74, 6) is 0.0678. The molecule has 90 valence electrons. The van der Waals surface area contributed by atoms with Gasteiger partial charge in [-0.05, 0) is 25.0 Å². The molecule has 1 aliphatic rings. The van der Waals surface area contributed by atoms with Gasteiger partial charge in [0.05, 0.1) is 0 Å². The molecule has 0 N–H and O–H groups in total. The number of hydrogen-bond acceptors (Lipinski definition) is 2. The first kappa shape index (κ1) is 11.9. The summed E-state index contributed by atoms with van der Waals surface area (Å²) in [6.45, 7) is 4.40. The third kappa shape index (κ3) is 2.11. The van der Waals surface area contributed by atoms with Crippen molar-refractivity contribution in [3.8, 4) is 0 Å². The Balaban J connectivity index is 2.20. The van der Waals surface area contributed by atoms with Crippen LogP contribution in [0.1, 0.15) is 19.4 Å². The fraction of sp³-hybridized carbons (Fsp3) is 0.357. The average Bonchev–Trinajstić information content (AvgIpc) is 2.55. The molecular weight excluding hydrogens is 214 g/mol. The van der Waals surface area contributed by atoms with Crippen molar-refractivity contribution in [1.29, 1.82) is 0 Å². The van der Waals surface area contributed by atoms with Crippen LogP contribution in [0.5, 0.6) is 0 Å². The second-order valence-electron chi connectivity index (χ2n) is 4.31. The first-order valence-electron chi connectivity index (χ1n) is 5.70. The van der Waals surface area contributed by atoms with Gasteiger partial charge in [-0.1, -0.05) is 30.3 Å². The Labute approximate surface area is 102 Å². The van der Waals surface area contributed by atoms with Gasteiger partial charge in [0, 0.05) is 19.2 Å². The number of methoxy groups -OCH3 is 1. The second-order valence-corrected chi connectivity index (χ2v) is 4.31. The number of nitrogens with zero attached hydrogens (tertiary/aromatic N) is 1. The van der Waals surface area contributed by atoms with Gasteiger partial charge in [-0.3, -0.25) is 4.79 Å². The molecule has 0 spiro atoms. The normalized spacial score (nSPS) is 20.3. The predicted octanol–water partition coefficient (Wildman–Crippen LogP) is 2.34. The third-order valence-electron chi connectivity index (χ3n) is 3.25. The zero-order valence-electron chi connectivity index (χ0n) is 10.4. The summed E-state index contributed by atoms with van der Waals surface area (Å²) in [7, 11) is 1.64. The van der Waals surface area contributed by atoms with E-state index >= 15 is 0 Å². The number of ether oxygens (including phenoxy) is 1. The van der Waals surface area contributed by atoms with E-state index < -0.39 is 0 Å². The Morgan fingerprint density at radius 1 is 1.24 bits per heavy atom. The fourth-order valence-corrected chi connectivity index (χ4v) is 2.15. The van der Waals surface area contributed by atoms with Gasteiger partial charge in [0.15, 0.2) is 6.23 Å². The molecule has 0 saturated carbocycles. The summed E-state index contributed by atoms with van der Waals surface area (Å²) in [6, 6.07) is 9.96. The van der Waals surface area contributed by atoms with Gasteiger partial charge in [0.1, 0.15) is 0 Å². The minimum Gasteiger partial charge on any atom is -0.357 e. The van der Waals surface area contributed by atoms with E-state index in [-0.39, 0.29) is 12.1 Å². The number of benzene rings is 1. The molecule has 0 aromatic heterocycles. The monoisotopic (exact) mass is 231 g/mol. The van der Waals surface area contributed by atoms with E-state index in [0.717, 1.165) is 16.7 Å². The molecule has 17 heavy (non-hydrogen) atoms. The maximum atomic E-state index is 12.1. The van der Waals surface area contributed by atoms with Crippen molar-refractivity contribution in [2.75, 3.05) is 7.11 Å². The minimum absolute atomic E-state index is 0.0678. The van der Waals surface area contributed by atoms with Crippen LogP contribution in [0.15, 0.2) is 41.5 Å². The van der Waals surface area contributed by atoms with E-state index in [4.69, 9.17) is 4.74 Å². The maximum Gasteiger partial charge on any atom is 0.252 e. The number of rotatable bonds is 3. The van der Waals surface area contributed by atoms with Gasteiger partial charge in [-0.15, -0.1) is 0 Å². The maximum absolute atomic E-state index is 12.1. The van der Waals surface area contributed by atoms with Crippen LogP contribution >= 0.6 is 0 Å². The second kappa shape index (κ2) is 4.72. The molecule has 1 aliphatic heterocycles. The lowest BCUT2D eigenvalue weighted by atomic mass is 10.2. The van der Waals surface area contributed by atoms with E-state index in [9.17, 15) is 4.79 Å². The van der Waals surface area contributed by atoms with Gasteiger partial charge >= 0.3 is 0 Å². The zero-order valence-corrected chi connectivity index (χ0v) is 10.4. The Morgan fingerprint density at radius 3 is 2.47 bits per heavy atom. The molecule has 3 nitrogen and oxygen atoms in total. The number of amides is 1. The highest BCUT2D eigenvalue weighted by Crippen LogP contribution is 2.27. The molecule has 3 heteroatoms. The van der Waals surface area contributed by atoms with Crippen molar-refractivity contribution in [2.45, 2.75) is 26.6 Å². The highest BCUT2D eigenvalue weighted by molar-refractivity contribution is 5.96. The van der Waals surface area contributed by atoms with Crippen molar-refractivity contribution < 1.29 is 9.53 Å². The molecular formula is C14H17NO2. The molecule has 2 rings (SSSR count). The van der Waals surface area contributed by atoms with E-state index in [0.29, 0.717) is 6.54 Å². The van der Waals surface area contributed by atoms with E-state index in [2.05, 4.69) is 0 Å². The average molecular weight is 231 g/mol. The lowest BCUT2D eigenvalue weighted by molar-refractivity contribution is -0.134. The van der Waals surface area contributed by atoms with Crippen molar-refractivity contribution in [1.82, 2.24) is 4.90 Å². The smallest absolute Gasteiger partial charge is 0.252 e. The SMILES string of the molecule is CO[C@H]1C(C)=C(C)C(=O)N1Cc1ccccc1. The van der Waals surface area contributed by atoms with Crippen LogP contribution in [0.4, 0.5) is 0 Å². The zero-order chi connectivity index (χ0) is 12.4. The molecule has 1 heterocycles. The summed E-state index contributed by atoms with van der Waals surface area (Å²) in [5, 5.41) is 0. The van der Waals surface area contributed by atoms with Crippen LogP contribution in [-0.2, 0) is 16.1 Å². The predicted molar refractivity (Wildman–Crippen MR) is 66.2 cm³/mol. The van der Waals surface area contributed by atoms with Crippen LogP contribution < -0.4 is 0 Å². The fourth-order valence-electron chi connectivity index (χ4n) is 2.15. The number of carbonyl (C=O) groups is 1. The van der Waals surface area contributed by atoms with Crippen LogP contribution in [0.3, 0.4) is 0 Å². The van der Waals surface area contributed by atoms with Gasteiger partial charge < -0.3 is 9.64 Å². The van der Waals surface area contributed by atoms with Gasteiger partial charge in [-0.25, -0.2) is 0 Å². The Bertz CT molecular complexity index is 451. The Hall–Kier alpha value is -1.61. The summed E-state index contributed by atoms with van der Waals surface area (Å²) < 4.78 is 5.40. The van der Waals surface area contributed by atoms with Crippen LogP contribution in [0, 0.1) is 0 Å². The van der Waals surface area contributed by atoms with Gasteiger partial charge in [0.2, 0.25) is 0 Å². The van der Waals surface area contributed by atoms with Gasteiger partial charge in [-0.2, -0.15) is 0 Å². The lowest BCUT2D eigenvalue weighted by Crippen LogP contribution is -2.36. The lowest BCUT2D eigenvalue weighted by Gasteiger charge is -2.25. The Kier molecular flexibility index (Phi) is 3.29. The molecule has 1 amide bonds. The molecule has 0 bridgehead atoms. The highest BCUT2D eigenvalue weighted by atomic mass is 16.5.